The van der Waals surface area contributed by atoms with E-state index in [-0.39, 0.29) is 5.41 Å². The van der Waals surface area contributed by atoms with Gasteiger partial charge in [-0.1, -0.05) is 196 Å². The Morgan fingerprint density at radius 3 is 1.63 bits per heavy atom. The third-order valence-corrected chi connectivity index (χ3v) is 12.1. The van der Waals surface area contributed by atoms with E-state index in [4.69, 9.17) is 9.97 Å². The maximum atomic E-state index is 5.23. The van der Waals surface area contributed by atoms with E-state index in [0.29, 0.717) is 5.82 Å². The summed E-state index contributed by atoms with van der Waals surface area (Å²) in [5.41, 5.74) is 15.3. The number of rotatable bonds is 5. The van der Waals surface area contributed by atoms with Gasteiger partial charge in [0.2, 0.25) is 0 Å². The number of hydrogen-bond donors (Lipinski definition) is 0. The van der Waals surface area contributed by atoms with Crippen LogP contribution in [-0.2, 0) is 5.41 Å². The molecule has 1 aliphatic rings. The van der Waals surface area contributed by atoms with Crippen LogP contribution >= 0.6 is 0 Å². The Balaban J connectivity index is 0.991. The summed E-state index contributed by atoms with van der Waals surface area (Å²) in [7, 11) is 0. The second-order valence-electron chi connectivity index (χ2n) is 15.7. The summed E-state index contributed by atoms with van der Waals surface area (Å²) in [6.45, 7) is 4.73. The molecule has 0 aliphatic heterocycles. The Kier molecular flexibility index (Phi) is 7.55. The zero-order valence-electron chi connectivity index (χ0n) is 31.9. The molecule has 0 saturated heterocycles. The Hall–Kier alpha value is -7.16. The summed E-state index contributed by atoms with van der Waals surface area (Å²) in [5, 5.41) is 7.34. The van der Waals surface area contributed by atoms with Crippen LogP contribution in [0.5, 0.6) is 0 Å². The molecule has 0 amide bonds. The summed E-state index contributed by atoms with van der Waals surface area (Å²) in [5.74, 6) is 0.715. The average molecular weight is 727 g/mol. The Morgan fingerprint density at radius 2 is 0.877 bits per heavy atom. The number of fused-ring (bicyclic) bond motifs is 7. The van der Waals surface area contributed by atoms with Gasteiger partial charge >= 0.3 is 0 Å². The molecule has 9 aromatic carbocycles. The van der Waals surface area contributed by atoms with E-state index in [1.165, 1.54) is 71.4 Å². The minimum atomic E-state index is -0.0769. The van der Waals surface area contributed by atoms with Crippen LogP contribution in [0.3, 0.4) is 0 Å². The lowest BCUT2D eigenvalue weighted by molar-refractivity contribution is 0.661. The van der Waals surface area contributed by atoms with Gasteiger partial charge in [-0.25, -0.2) is 9.97 Å². The fourth-order valence-electron chi connectivity index (χ4n) is 9.19. The highest BCUT2D eigenvalue weighted by Gasteiger charge is 2.36. The zero-order chi connectivity index (χ0) is 38.1. The zero-order valence-corrected chi connectivity index (χ0v) is 31.9. The molecule has 0 radical (unpaired) electrons. The molecule has 0 saturated carbocycles. The highest BCUT2D eigenvalue weighted by Crippen LogP contribution is 2.52. The molecule has 0 atom stereocenters. The van der Waals surface area contributed by atoms with Crippen LogP contribution in [-0.4, -0.2) is 9.97 Å². The molecule has 0 fully saturated rings. The van der Waals surface area contributed by atoms with Crippen LogP contribution in [0.25, 0.3) is 99.6 Å². The minimum absolute atomic E-state index is 0.0769. The maximum absolute atomic E-state index is 5.23. The Morgan fingerprint density at radius 1 is 0.333 bits per heavy atom. The lowest BCUT2D eigenvalue weighted by Crippen LogP contribution is -2.15. The van der Waals surface area contributed by atoms with Gasteiger partial charge in [0, 0.05) is 22.1 Å². The van der Waals surface area contributed by atoms with Crippen LogP contribution in [0.15, 0.2) is 194 Å². The molecular formula is C55H38N2. The van der Waals surface area contributed by atoms with Gasteiger partial charge in [0.05, 0.1) is 11.4 Å². The van der Waals surface area contributed by atoms with Crippen molar-refractivity contribution in [3.63, 3.8) is 0 Å². The third kappa shape index (κ3) is 5.40. The minimum Gasteiger partial charge on any atom is -0.228 e. The van der Waals surface area contributed by atoms with Gasteiger partial charge in [-0.3, -0.25) is 0 Å². The highest BCUT2D eigenvalue weighted by molar-refractivity contribution is 6.06. The molecule has 10 aromatic rings. The first-order valence-corrected chi connectivity index (χ1v) is 19.7. The Labute approximate surface area is 332 Å². The fourth-order valence-corrected chi connectivity index (χ4v) is 9.19. The molecule has 1 aromatic heterocycles. The van der Waals surface area contributed by atoms with Gasteiger partial charge in [0.25, 0.3) is 0 Å². The normalized spacial score (nSPS) is 12.9. The quantitative estimate of drug-likeness (QED) is 0.176. The van der Waals surface area contributed by atoms with Crippen LogP contribution in [0.1, 0.15) is 25.0 Å². The van der Waals surface area contributed by atoms with Gasteiger partial charge < -0.3 is 0 Å². The van der Waals surface area contributed by atoms with Crippen molar-refractivity contribution in [2.24, 2.45) is 0 Å². The van der Waals surface area contributed by atoms with Gasteiger partial charge in [-0.15, -0.1) is 0 Å². The molecular weight excluding hydrogens is 689 g/mol. The topological polar surface area (TPSA) is 25.8 Å². The first-order chi connectivity index (χ1) is 28.0. The van der Waals surface area contributed by atoms with Gasteiger partial charge in [0.15, 0.2) is 5.82 Å². The van der Waals surface area contributed by atoms with Crippen LogP contribution in [0.4, 0.5) is 0 Å². The second kappa shape index (κ2) is 13.0. The van der Waals surface area contributed by atoms with Crippen molar-refractivity contribution >= 4 is 32.3 Å². The van der Waals surface area contributed by atoms with Crippen molar-refractivity contribution in [3.8, 4) is 67.3 Å². The molecule has 0 unspecified atom stereocenters. The highest BCUT2D eigenvalue weighted by atomic mass is 14.9. The lowest BCUT2D eigenvalue weighted by atomic mass is 9.81. The van der Waals surface area contributed by atoms with Crippen LogP contribution < -0.4 is 0 Å². The predicted molar refractivity (Wildman–Crippen MR) is 239 cm³/mol. The largest absolute Gasteiger partial charge is 0.228 e. The first kappa shape index (κ1) is 33.2. The van der Waals surface area contributed by atoms with E-state index in [0.717, 1.165) is 33.5 Å². The van der Waals surface area contributed by atoms with Crippen molar-refractivity contribution in [3.05, 3.63) is 205 Å². The number of hydrogen-bond acceptors (Lipinski definition) is 2. The van der Waals surface area contributed by atoms with Crippen molar-refractivity contribution in [2.75, 3.05) is 0 Å². The fraction of sp³-hybridized carbons (Fsp3) is 0.0545. The number of nitrogens with zero attached hydrogens (tertiary/aromatic N) is 2. The average Bonchev–Trinajstić information content (AvgIpc) is 3.51. The SMILES string of the molecule is CC1(C)c2cc(-c3ccc(-c4ccc(-c5cc(-c6cccc7ccccc67)nc(-c6ccccc6)n5)c5ccccc45)cc3)ccc2-c2c1ccc1ccccc21. The molecule has 57 heavy (non-hydrogen) atoms. The molecule has 1 heterocycles. The summed E-state index contributed by atoms with van der Waals surface area (Å²) in [6, 6.07) is 70.1. The molecule has 0 bridgehead atoms. The standard InChI is InChI=1S/C55H38N2/c1-55(2)49-32-28-37-14-7-9-19-43(37)53(49)48-29-27-40(33-50(48)55)35-23-25-38(26-24-35)42-30-31-47(45-21-11-10-20-44(42)45)52-34-51(56-54(57-52)39-15-4-3-5-16-39)46-22-12-17-36-13-6-8-18-41(36)46/h3-34H,1-2H3. The van der Waals surface area contributed by atoms with Crippen molar-refractivity contribution in [1.82, 2.24) is 9.97 Å². The van der Waals surface area contributed by atoms with Crippen molar-refractivity contribution < 1.29 is 0 Å². The second-order valence-corrected chi connectivity index (χ2v) is 15.7. The molecule has 0 spiro atoms. The van der Waals surface area contributed by atoms with Crippen LogP contribution in [0, 0.1) is 0 Å². The molecule has 2 nitrogen and oxygen atoms in total. The smallest absolute Gasteiger partial charge is 0.160 e. The van der Waals surface area contributed by atoms with E-state index in [2.05, 4.69) is 190 Å². The van der Waals surface area contributed by atoms with E-state index in [1.54, 1.807) is 0 Å². The molecule has 268 valence electrons. The van der Waals surface area contributed by atoms with Gasteiger partial charge in [-0.05, 0) is 89.0 Å². The number of benzene rings is 9. The molecule has 1 aliphatic carbocycles. The van der Waals surface area contributed by atoms with Crippen LogP contribution in [0.2, 0.25) is 0 Å². The lowest BCUT2D eigenvalue weighted by Gasteiger charge is -2.22. The van der Waals surface area contributed by atoms with E-state index in [9.17, 15) is 0 Å². The van der Waals surface area contributed by atoms with Gasteiger partial charge in [-0.2, -0.15) is 0 Å². The van der Waals surface area contributed by atoms with E-state index in [1.807, 2.05) is 18.2 Å². The maximum Gasteiger partial charge on any atom is 0.160 e. The third-order valence-electron chi connectivity index (χ3n) is 12.1. The summed E-state index contributed by atoms with van der Waals surface area (Å²) in [6.07, 6.45) is 0. The monoisotopic (exact) mass is 726 g/mol. The summed E-state index contributed by atoms with van der Waals surface area (Å²) >= 11 is 0. The van der Waals surface area contributed by atoms with Gasteiger partial charge in [0.1, 0.15) is 0 Å². The summed E-state index contributed by atoms with van der Waals surface area (Å²) in [4.78, 5) is 10.4. The predicted octanol–water partition coefficient (Wildman–Crippen LogP) is 14.6. The van der Waals surface area contributed by atoms with Crippen molar-refractivity contribution in [2.45, 2.75) is 19.3 Å². The van der Waals surface area contributed by atoms with E-state index < -0.39 is 0 Å². The molecule has 0 N–H and O–H groups in total. The first-order valence-electron chi connectivity index (χ1n) is 19.7. The Bertz CT molecular complexity index is 3190. The molecule has 2 heteroatoms. The van der Waals surface area contributed by atoms with Crippen molar-refractivity contribution in [1.29, 1.82) is 0 Å². The number of aromatic nitrogens is 2. The summed E-state index contributed by atoms with van der Waals surface area (Å²) < 4.78 is 0. The van der Waals surface area contributed by atoms with E-state index >= 15 is 0 Å². The molecule has 11 rings (SSSR count).